The molecule has 0 bridgehead atoms. The molecule has 36 heavy (non-hydrogen) atoms. The minimum Gasteiger partial charge on any atom is -0.344 e. The molecule has 5 nitrogen and oxygen atoms in total. The second kappa shape index (κ2) is 11.1. The molecule has 0 aliphatic carbocycles. The topological polar surface area (TPSA) is 66.5 Å². The van der Waals surface area contributed by atoms with Crippen LogP contribution in [0.5, 0.6) is 0 Å². The summed E-state index contributed by atoms with van der Waals surface area (Å²) in [7, 11) is -4.00. The third-order valence-electron chi connectivity index (χ3n) is 5.84. The zero-order valence-corrected chi connectivity index (χ0v) is 22.5. The van der Waals surface area contributed by atoms with Gasteiger partial charge in [0.1, 0.15) is 6.54 Å². The van der Waals surface area contributed by atoms with Gasteiger partial charge in [-0.2, -0.15) is 0 Å². The highest BCUT2D eigenvalue weighted by Crippen LogP contribution is 2.27. The Morgan fingerprint density at radius 2 is 1.39 bits per heavy atom. The van der Waals surface area contributed by atoms with Crippen LogP contribution in [0.4, 0.5) is 5.69 Å². The van der Waals surface area contributed by atoms with Crippen molar-refractivity contribution in [3.63, 3.8) is 0 Å². The fourth-order valence-electron chi connectivity index (χ4n) is 3.88. The minimum atomic E-state index is -4.00. The number of amides is 1. The highest BCUT2D eigenvalue weighted by Gasteiger charge is 2.28. The molecule has 0 heterocycles. The molecule has 0 saturated carbocycles. The Bertz CT molecular complexity index is 1440. The molecule has 0 aliphatic heterocycles. The maximum Gasteiger partial charge on any atom is 0.264 e. The van der Waals surface area contributed by atoms with Crippen molar-refractivity contribution in [3.8, 4) is 0 Å². The summed E-state index contributed by atoms with van der Waals surface area (Å²) in [6, 6.07) is 30.7. The van der Waals surface area contributed by atoms with Gasteiger partial charge < -0.3 is 5.32 Å². The van der Waals surface area contributed by atoms with Crippen molar-refractivity contribution in [1.29, 1.82) is 0 Å². The normalized spacial score (nSPS) is 12.1. The lowest BCUT2D eigenvalue weighted by Crippen LogP contribution is -2.42. The van der Waals surface area contributed by atoms with Crippen molar-refractivity contribution in [2.45, 2.75) is 24.8 Å². The first-order valence-corrected chi connectivity index (χ1v) is 13.7. The zero-order valence-electron chi connectivity index (χ0n) is 20.1. The molecule has 0 radical (unpaired) electrons. The number of hydrogen-bond acceptors (Lipinski definition) is 3. The number of carbonyl (C=O) groups excluding carboxylic acids is 1. The van der Waals surface area contributed by atoms with Crippen molar-refractivity contribution >= 4 is 37.5 Å². The first-order chi connectivity index (χ1) is 17.2. The Balaban J connectivity index is 1.68. The van der Waals surface area contributed by atoms with E-state index < -0.39 is 22.0 Å². The molecule has 4 aromatic rings. The van der Waals surface area contributed by atoms with Crippen LogP contribution in [0.1, 0.15) is 28.3 Å². The van der Waals surface area contributed by atoms with E-state index in [1.807, 2.05) is 74.5 Å². The second-order valence-electron chi connectivity index (χ2n) is 8.63. The Morgan fingerprint density at radius 3 is 2.00 bits per heavy atom. The Kier molecular flexibility index (Phi) is 7.91. The summed E-state index contributed by atoms with van der Waals surface area (Å²) in [5.41, 5.74) is 4.28. The number of anilines is 1. The Hall–Kier alpha value is -3.42. The lowest BCUT2D eigenvalue weighted by Gasteiger charge is -2.26. The van der Waals surface area contributed by atoms with E-state index in [1.54, 1.807) is 42.5 Å². The summed E-state index contributed by atoms with van der Waals surface area (Å²) in [4.78, 5) is 13.6. The molecule has 0 fully saturated rings. The molecule has 4 aromatic carbocycles. The smallest absolute Gasteiger partial charge is 0.264 e. The summed E-state index contributed by atoms with van der Waals surface area (Å²) in [5, 5.41) is 3.06. The molecular formula is C29H27BrN2O3S. The van der Waals surface area contributed by atoms with E-state index in [1.165, 1.54) is 0 Å². The third kappa shape index (κ3) is 6.04. The number of carbonyl (C=O) groups is 1. The Morgan fingerprint density at radius 1 is 0.806 bits per heavy atom. The van der Waals surface area contributed by atoms with Gasteiger partial charge >= 0.3 is 0 Å². The summed E-state index contributed by atoms with van der Waals surface area (Å²) >= 11 is 3.41. The first kappa shape index (κ1) is 25.7. The molecule has 1 amide bonds. The molecule has 0 aromatic heterocycles. The largest absolute Gasteiger partial charge is 0.344 e. The lowest BCUT2D eigenvalue weighted by atomic mass is 9.98. The quantitative estimate of drug-likeness (QED) is 0.279. The highest BCUT2D eigenvalue weighted by atomic mass is 79.9. The van der Waals surface area contributed by atoms with Crippen LogP contribution in [0, 0.1) is 13.8 Å². The molecule has 1 unspecified atom stereocenters. The van der Waals surface area contributed by atoms with Gasteiger partial charge in [-0.25, -0.2) is 8.42 Å². The second-order valence-corrected chi connectivity index (χ2v) is 11.4. The van der Waals surface area contributed by atoms with Crippen LogP contribution >= 0.6 is 15.9 Å². The molecule has 0 spiro atoms. The average Bonchev–Trinajstić information content (AvgIpc) is 2.87. The van der Waals surface area contributed by atoms with Gasteiger partial charge in [-0.05, 0) is 55.3 Å². The fourth-order valence-corrected chi connectivity index (χ4v) is 5.68. The van der Waals surface area contributed by atoms with Crippen molar-refractivity contribution in [2.24, 2.45) is 0 Å². The number of aryl methyl sites for hydroxylation is 2. The molecular weight excluding hydrogens is 536 g/mol. The monoisotopic (exact) mass is 562 g/mol. The van der Waals surface area contributed by atoms with E-state index in [0.717, 1.165) is 26.6 Å². The molecule has 184 valence electrons. The zero-order chi connectivity index (χ0) is 25.7. The lowest BCUT2D eigenvalue weighted by molar-refractivity contribution is -0.120. The summed E-state index contributed by atoms with van der Waals surface area (Å²) in [5.74, 6) is -0.417. The van der Waals surface area contributed by atoms with Gasteiger partial charge in [0.05, 0.1) is 16.6 Å². The number of nitrogens with one attached hydrogen (secondary N) is 1. The van der Waals surface area contributed by atoms with Gasteiger partial charge in [0.15, 0.2) is 0 Å². The van der Waals surface area contributed by atoms with Gasteiger partial charge in [-0.15, -0.1) is 0 Å². The van der Waals surface area contributed by atoms with Gasteiger partial charge in [0, 0.05) is 4.47 Å². The number of hydrogen-bond donors (Lipinski definition) is 1. The van der Waals surface area contributed by atoms with E-state index >= 15 is 0 Å². The van der Waals surface area contributed by atoms with Crippen molar-refractivity contribution in [3.05, 3.63) is 130 Å². The summed E-state index contributed by atoms with van der Waals surface area (Å²) in [6.07, 6.45) is 0. The van der Waals surface area contributed by atoms with E-state index in [9.17, 15) is 13.2 Å². The van der Waals surface area contributed by atoms with E-state index in [-0.39, 0.29) is 11.4 Å². The first-order valence-electron chi connectivity index (χ1n) is 11.5. The van der Waals surface area contributed by atoms with Crippen LogP contribution in [-0.2, 0) is 14.8 Å². The number of benzene rings is 4. The van der Waals surface area contributed by atoms with E-state index in [2.05, 4.69) is 21.2 Å². The maximum atomic E-state index is 13.7. The van der Waals surface area contributed by atoms with Crippen molar-refractivity contribution in [1.82, 2.24) is 5.32 Å². The molecule has 0 aliphatic rings. The van der Waals surface area contributed by atoms with Crippen molar-refractivity contribution < 1.29 is 13.2 Å². The molecule has 0 saturated heterocycles. The van der Waals surface area contributed by atoms with E-state index in [0.29, 0.717) is 10.2 Å². The third-order valence-corrected chi connectivity index (χ3v) is 8.12. The van der Waals surface area contributed by atoms with Crippen LogP contribution in [0.2, 0.25) is 0 Å². The van der Waals surface area contributed by atoms with Gasteiger partial charge in [0.2, 0.25) is 5.91 Å². The number of halogens is 1. The van der Waals surface area contributed by atoms with Crippen LogP contribution < -0.4 is 9.62 Å². The summed E-state index contributed by atoms with van der Waals surface area (Å²) < 4.78 is 29.2. The number of rotatable bonds is 8. The molecule has 4 rings (SSSR count). The van der Waals surface area contributed by atoms with Crippen LogP contribution in [-0.4, -0.2) is 20.9 Å². The predicted molar refractivity (Wildman–Crippen MR) is 147 cm³/mol. The van der Waals surface area contributed by atoms with Crippen molar-refractivity contribution in [2.75, 3.05) is 10.8 Å². The molecule has 1 atom stereocenters. The van der Waals surface area contributed by atoms with Gasteiger partial charge in [0.25, 0.3) is 10.0 Å². The standard InChI is InChI=1S/C29H27BrN2O3S/c1-21-11-15-24(16-12-21)29(23-7-4-3-5-8-23)31-28(33)20-32(26-10-6-9-25(30)19-26)36(34,35)27-17-13-22(2)14-18-27/h3-19,29H,20H2,1-2H3,(H,31,33). The summed E-state index contributed by atoms with van der Waals surface area (Å²) in [6.45, 7) is 3.53. The minimum absolute atomic E-state index is 0.124. The van der Waals surface area contributed by atoms with Crippen LogP contribution in [0.3, 0.4) is 0 Å². The predicted octanol–water partition coefficient (Wildman–Crippen LogP) is 6.17. The fraction of sp³-hybridized carbons (Fsp3) is 0.138. The highest BCUT2D eigenvalue weighted by molar-refractivity contribution is 9.10. The van der Waals surface area contributed by atoms with Crippen LogP contribution in [0.25, 0.3) is 0 Å². The molecule has 7 heteroatoms. The number of nitrogens with zero attached hydrogens (tertiary/aromatic N) is 1. The SMILES string of the molecule is Cc1ccc(C(NC(=O)CN(c2cccc(Br)c2)S(=O)(=O)c2ccc(C)cc2)c2ccccc2)cc1. The molecule has 1 N–H and O–H groups in total. The Labute approximate surface area is 221 Å². The average molecular weight is 564 g/mol. The van der Waals surface area contributed by atoms with E-state index in [4.69, 9.17) is 0 Å². The van der Waals surface area contributed by atoms with Gasteiger partial charge in [-0.3, -0.25) is 9.10 Å². The van der Waals surface area contributed by atoms with Gasteiger partial charge in [-0.1, -0.05) is 99.9 Å². The number of sulfonamides is 1. The van der Waals surface area contributed by atoms with Crippen LogP contribution in [0.15, 0.2) is 112 Å². The maximum absolute atomic E-state index is 13.7.